The number of esters is 4. The standard InChI is InChI=1S/C82H160O17P2/c1-8-9-10-11-12-13-14-27-35-42-49-56-63-79(84)92-70-78(99-82(87)66-59-52-45-38-31-30-34-41-48-55-62-75(6)7)72-97-101(90,91)95-68-76(83)67-94-100(88,89)96-71-77(98-81(86)65-58-51-44-37-29-24-20-16-18-22-26-33-40-47-54-61-74(4)5)69-93-80(85)64-57-50-43-36-28-23-19-15-17-21-25-32-39-46-53-60-73(2)3/h73-78,83H,8-72H2,1-7H3,(H,88,89)(H,90,91)/t76-,77-,78-/m1/s1. The Labute approximate surface area is 619 Å². The maximum Gasteiger partial charge on any atom is 0.472 e. The third-order valence-corrected chi connectivity index (χ3v) is 21.0. The second kappa shape index (κ2) is 72.3. The van der Waals surface area contributed by atoms with Crippen LogP contribution in [-0.4, -0.2) is 96.7 Å². The Balaban J connectivity index is 5.25. The number of rotatable bonds is 80. The Morgan fingerprint density at radius 2 is 0.455 bits per heavy atom. The molecule has 0 fully saturated rings. The van der Waals surface area contributed by atoms with Gasteiger partial charge in [0.1, 0.15) is 19.3 Å². The number of aliphatic hydroxyl groups excluding tert-OH is 1. The van der Waals surface area contributed by atoms with Gasteiger partial charge >= 0.3 is 39.5 Å². The number of unbranched alkanes of at least 4 members (excludes halogenated alkanes) is 48. The smallest absolute Gasteiger partial charge is 0.462 e. The van der Waals surface area contributed by atoms with Gasteiger partial charge in [-0.3, -0.25) is 37.3 Å². The molecule has 3 N–H and O–H groups in total. The average molecular weight is 1480 g/mol. The third-order valence-electron chi connectivity index (χ3n) is 19.1. The number of carbonyl (C=O) groups excluding carboxylic acids is 4. The molecule has 5 atom stereocenters. The lowest BCUT2D eigenvalue weighted by molar-refractivity contribution is -0.161. The van der Waals surface area contributed by atoms with E-state index in [9.17, 15) is 43.2 Å². The van der Waals surface area contributed by atoms with Crippen LogP contribution in [0.2, 0.25) is 0 Å². The molecule has 0 amide bonds. The summed E-state index contributed by atoms with van der Waals surface area (Å²) >= 11 is 0. The first kappa shape index (κ1) is 99.1. The van der Waals surface area contributed by atoms with Crippen molar-refractivity contribution in [1.82, 2.24) is 0 Å². The number of hydrogen-bond donors (Lipinski definition) is 3. The zero-order chi connectivity index (χ0) is 74.4. The number of phosphoric acid groups is 2. The topological polar surface area (TPSA) is 237 Å². The van der Waals surface area contributed by atoms with Gasteiger partial charge < -0.3 is 33.8 Å². The summed E-state index contributed by atoms with van der Waals surface area (Å²) in [4.78, 5) is 73.1. The predicted molar refractivity (Wildman–Crippen MR) is 414 cm³/mol. The normalized spacial score (nSPS) is 14.0. The molecule has 0 aliphatic carbocycles. The van der Waals surface area contributed by atoms with Crippen molar-refractivity contribution >= 4 is 39.5 Å². The Morgan fingerprint density at radius 3 is 0.673 bits per heavy atom. The fourth-order valence-corrected chi connectivity index (χ4v) is 14.2. The molecular formula is C82H160O17P2. The van der Waals surface area contributed by atoms with Crippen LogP contribution in [-0.2, 0) is 65.4 Å². The van der Waals surface area contributed by atoms with Crippen molar-refractivity contribution in [3.63, 3.8) is 0 Å². The van der Waals surface area contributed by atoms with Gasteiger partial charge in [0.15, 0.2) is 12.2 Å². The minimum absolute atomic E-state index is 0.106. The summed E-state index contributed by atoms with van der Waals surface area (Å²) in [7, 11) is -9.92. The average Bonchev–Trinajstić information content (AvgIpc) is 0.935. The largest absolute Gasteiger partial charge is 0.472 e. The highest BCUT2D eigenvalue weighted by molar-refractivity contribution is 7.47. The molecule has 17 nitrogen and oxygen atoms in total. The summed E-state index contributed by atoms with van der Waals surface area (Å²) in [5.74, 6) is 0.253. The Bertz CT molecular complexity index is 1960. The highest BCUT2D eigenvalue weighted by Crippen LogP contribution is 2.45. The van der Waals surface area contributed by atoms with E-state index in [1.807, 2.05) is 0 Å². The van der Waals surface area contributed by atoms with Crippen LogP contribution in [0.25, 0.3) is 0 Å². The molecule has 0 aliphatic rings. The van der Waals surface area contributed by atoms with Gasteiger partial charge in [0, 0.05) is 25.7 Å². The molecule has 0 aromatic heterocycles. The molecule has 101 heavy (non-hydrogen) atoms. The molecule has 0 rings (SSSR count). The van der Waals surface area contributed by atoms with E-state index in [0.717, 1.165) is 108 Å². The fourth-order valence-electron chi connectivity index (χ4n) is 12.7. The minimum Gasteiger partial charge on any atom is -0.462 e. The summed E-state index contributed by atoms with van der Waals surface area (Å²) in [5, 5.41) is 10.7. The summed E-state index contributed by atoms with van der Waals surface area (Å²) in [6, 6.07) is 0. The van der Waals surface area contributed by atoms with Crippen molar-refractivity contribution in [2.45, 2.75) is 446 Å². The van der Waals surface area contributed by atoms with Crippen molar-refractivity contribution in [3.8, 4) is 0 Å². The number of aliphatic hydroxyl groups is 1. The van der Waals surface area contributed by atoms with Crippen molar-refractivity contribution in [2.24, 2.45) is 17.8 Å². The van der Waals surface area contributed by atoms with E-state index in [4.69, 9.17) is 37.0 Å². The summed E-state index contributed by atoms with van der Waals surface area (Å²) in [6.45, 7) is 12.0. The van der Waals surface area contributed by atoms with Crippen LogP contribution >= 0.6 is 15.6 Å². The molecule has 0 aromatic rings. The summed E-state index contributed by atoms with van der Waals surface area (Å²) in [6.07, 6.45) is 60.9. The van der Waals surface area contributed by atoms with E-state index >= 15 is 0 Å². The number of carbonyl (C=O) groups is 4. The predicted octanol–water partition coefficient (Wildman–Crippen LogP) is 24.5. The lowest BCUT2D eigenvalue weighted by Gasteiger charge is -2.21. The quantitative estimate of drug-likeness (QED) is 0.0222. The van der Waals surface area contributed by atoms with Crippen molar-refractivity contribution in [1.29, 1.82) is 0 Å². The first-order valence-electron chi connectivity index (χ1n) is 42.3. The summed E-state index contributed by atoms with van der Waals surface area (Å²) < 4.78 is 68.8. The van der Waals surface area contributed by atoms with E-state index in [1.165, 1.54) is 238 Å². The molecule has 0 radical (unpaired) electrons. The monoisotopic (exact) mass is 1480 g/mol. The van der Waals surface area contributed by atoms with Crippen molar-refractivity contribution in [2.75, 3.05) is 39.6 Å². The number of phosphoric ester groups is 2. The second-order valence-corrected chi connectivity index (χ2v) is 33.8. The lowest BCUT2D eigenvalue weighted by Crippen LogP contribution is -2.30. The van der Waals surface area contributed by atoms with Gasteiger partial charge in [-0.25, -0.2) is 9.13 Å². The van der Waals surface area contributed by atoms with E-state index in [1.54, 1.807) is 0 Å². The molecule has 2 unspecified atom stereocenters. The Hall–Kier alpha value is -1.94. The maximum atomic E-state index is 13.1. The molecule has 0 aliphatic heterocycles. The van der Waals surface area contributed by atoms with E-state index in [0.29, 0.717) is 25.7 Å². The van der Waals surface area contributed by atoms with Crippen LogP contribution in [0.3, 0.4) is 0 Å². The number of hydrogen-bond acceptors (Lipinski definition) is 15. The summed E-state index contributed by atoms with van der Waals surface area (Å²) in [5.41, 5.74) is 0. The Morgan fingerprint density at radius 1 is 0.267 bits per heavy atom. The molecule has 0 aromatic carbocycles. The van der Waals surface area contributed by atoms with Crippen LogP contribution in [0.1, 0.15) is 427 Å². The third kappa shape index (κ3) is 76.1. The first-order chi connectivity index (χ1) is 48.7. The number of ether oxygens (including phenoxy) is 4. The highest BCUT2D eigenvalue weighted by Gasteiger charge is 2.30. The molecule has 0 bridgehead atoms. The molecule has 0 spiro atoms. The molecule has 19 heteroatoms. The van der Waals surface area contributed by atoms with Crippen molar-refractivity contribution < 1.29 is 80.2 Å². The van der Waals surface area contributed by atoms with Gasteiger partial charge in [0.25, 0.3) is 0 Å². The Kier molecular flexibility index (Phi) is 70.9. The van der Waals surface area contributed by atoms with Crippen LogP contribution in [0.4, 0.5) is 0 Å². The second-order valence-electron chi connectivity index (χ2n) is 30.9. The zero-order valence-corrected chi connectivity index (χ0v) is 68.2. The fraction of sp³-hybridized carbons (Fsp3) is 0.951. The highest BCUT2D eigenvalue weighted by atomic mass is 31.2. The van der Waals surface area contributed by atoms with Gasteiger partial charge in [0.2, 0.25) is 0 Å². The first-order valence-corrected chi connectivity index (χ1v) is 45.3. The van der Waals surface area contributed by atoms with Crippen LogP contribution in [0, 0.1) is 17.8 Å². The minimum atomic E-state index is -4.96. The maximum absolute atomic E-state index is 13.1. The van der Waals surface area contributed by atoms with Gasteiger partial charge in [-0.05, 0) is 43.4 Å². The van der Waals surface area contributed by atoms with E-state index in [2.05, 4.69) is 48.5 Å². The van der Waals surface area contributed by atoms with Crippen LogP contribution in [0.5, 0.6) is 0 Å². The van der Waals surface area contributed by atoms with Crippen LogP contribution in [0.15, 0.2) is 0 Å². The van der Waals surface area contributed by atoms with Gasteiger partial charge in [-0.15, -0.1) is 0 Å². The van der Waals surface area contributed by atoms with Crippen molar-refractivity contribution in [3.05, 3.63) is 0 Å². The molecule has 600 valence electrons. The SMILES string of the molecule is CCCCCCCCCCCCCCC(=O)OC[C@H](COP(=O)(O)OC[C@H](O)COP(=O)(O)OC[C@@H](COC(=O)CCCCCCCCCCCCCCCCCC(C)C)OC(=O)CCCCCCCCCCCCCCCCCC(C)C)OC(=O)CCCCCCCCCCCCC(C)C. The lowest BCUT2D eigenvalue weighted by atomic mass is 10.0. The van der Waals surface area contributed by atoms with Gasteiger partial charge in [0.05, 0.1) is 26.4 Å². The van der Waals surface area contributed by atoms with Crippen LogP contribution < -0.4 is 0 Å². The van der Waals surface area contributed by atoms with Gasteiger partial charge in [-0.2, -0.15) is 0 Å². The molecule has 0 saturated heterocycles. The molecule has 0 saturated carbocycles. The van der Waals surface area contributed by atoms with Gasteiger partial charge in [-0.1, -0.05) is 376 Å². The molecule has 0 heterocycles. The van der Waals surface area contributed by atoms with E-state index < -0.39 is 97.5 Å². The van der Waals surface area contributed by atoms with E-state index in [-0.39, 0.29) is 25.7 Å². The zero-order valence-electron chi connectivity index (χ0n) is 66.4. The molecular weight excluding hydrogens is 1320 g/mol.